The smallest absolute Gasteiger partial charge is 0.407 e. The molecule has 0 spiro atoms. The quantitative estimate of drug-likeness (QED) is 0.0241. The van der Waals surface area contributed by atoms with Gasteiger partial charge in [-0.2, -0.15) is 0 Å². The second-order valence-corrected chi connectivity index (χ2v) is 19.6. The van der Waals surface area contributed by atoms with Crippen LogP contribution in [-0.4, -0.2) is 108 Å². The molecule has 6 aromatic carbocycles. The molecule has 0 atom stereocenters. The lowest BCUT2D eigenvalue weighted by atomic mass is 9.98. The lowest BCUT2D eigenvalue weighted by Crippen LogP contribution is -2.30. The number of amides is 3. The van der Waals surface area contributed by atoms with Crippen molar-refractivity contribution >= 4 is 55.9 Å². The molecule has 6 aromatic rings. The number of carbonyl (C=O) groups excluding carboxylic acids is 3. The van der Waals surface area contributed by atoms with Crippen molar-refractivity contribution in [2.75, 3.05) is 79.0 Å². The second kappa shape index (κ2) is 36.1. The normalized spacial score (nSPS) is 11.5. The number of hydrogen-bond acceptors (Lipinski definition) is 11. The summed E-state index contributed by atoms with van der Waals surface area (Å²) >= 11 is 6.76. The first-order valence-corrected chi connectivity index (χ1v) is 27.8. The molecule has 17 heteroatoms. The highest BCUT2D eigenvalue weighted by Crippen LogP contribution is 2.45. The summed E-state index contributed by atoms with van der Waals surface area (Å²) in [4.78, 5) is 46.4. The van der Waals surface area contributed by atoms with E-state index in [1.54, 1.807) is 0 Å². The second-order valence-electron chi connectivity index (χ2n) is 17.8. The number of benzene rings is 6. The van der Waals surface area contributed by atoms with Crippen molar-refractivity contribution in [1.29, 1.82) is 0 Å². The topological polar surface area (TPSA) is 206 Å². The average molecular weight is 1210 g/mol. The molecular weight excluding hydrogens is 1140 g/mol. The molecule has 418 valence electrons. The van der Waals surface area contributed by atoms with Crippen molar-refractivity contribution in [3.05, 3.63) is 177 Å². The molecular formula is C62H70Br2N4O11. The molecule has 0 unspecified atom stereocenters. The van der Waals surface area contributed by atoms with Gasteiger partial charge in [-0.15, -0.1) is 12.8 Å². The number of aliphatic carboxylic acids is 1. The fourth-order valence-corrected chi connectivity index (χ4v) is 9.04. The van der Waals surface area contributed by atoms with Gasteiger partial charge < -0.3 is 55.2 Å². The summed E-state index contributed by atoms with van der Waals surface area (Å²) in [6, 6.07) is 48.3. The van der Waals surface area contributed by atoms with Crippen LogP contribution in [0.25, 0.3) is 22.3 Å². The maximum Gasteiger partial charge on any atom is 0.407 e. The number of nitrogens with two attached hydrogens (primary N) is 1. The number of terminal acetylenes is 1. The maximum absolute atomic E-state index is 12.2. The number of carboxylic acids is 1. The van der Waals surface area contributed by atoms with Gasteiger partial charge in [0.2, 0.25) is 5.91 Å². The molecule has 0 bridgehead atoms. The number of hydrogen-bond donors (Lipinski definition) is 5. The van der Waals surface area contributed by atoms with Crippen LogP contribution < -0.4 is 31.2 Å². The standard InChI is InChI=1S/C30H33BrN2O5.C20H21NO5.C10H14BrNO.C2H2/c31-22-11-13-23(14-12-22)37-18-6-5-16-32-29(34)15-19-36-20-17-33-30(35)38-21-28-26-9-3-1-7-24(26)25-8-2-4-10-27(25)28;22-19(23)9-11-25-12-10-21-20(24)26-13-18-16-7-3-1-5-14(16)15-6-2-4-8-17(15)18;11-9-3-5-10(6-4-9)13-8-2-1-7-12;1-2/h1-4,7-14,28H,5-6,15-21H2,(H,32,34)(H,33,35);1-8,18H,9-13H2,(H,21,24)(H,22,23);3-6H,1-2,7-8,12H2;1-2H/i;;;1D. The highest BCUT2D eigenvalue weighted by Gasteiger charge is 2.30. The highest BCUT2D eigenvalue weighted by molar-refractivity contribution is 9.10. The molecule has 0 radical (unpaired) electrons. The molecule has 0 aliphatic heterocycles. The van der Waals surface area contributed by atoms with Crippen LogP contribution in [0.1, 0.15) is 74.0 Å². The summed E-state index contributed by atoms with van der Waals surface area (Å²) in [7, 11) is 0. The number of carboxylic acid groups (broad SMARTS) is 1. The summed E-state index contributed by atoms with van der Waals surface area (Å²) in [5.41, 5.74) is 14.8. The van der Waals surface area contributed by atoms with Crippen LogP contribution in [0.15, 0.2) is 155 Å². The van der Waals surface area contributed by atoms with E-state index in [1.165, 1.54) is 50.9 Å². The first-order chi connectivity index (χ1) is 39.0. The Kier molecular flexibility index (Phi) is 27.9. The third kappa shape index (κ3) is 21.9. The number of nitrogens with one attached hydrogen (secondary N) is 3. The summed E-state index contributed by atoms with van der Waals surface area (Å²) < 4.78 is 40.5. The number of fused-ring (bicyclic) bond motifs is 6. The van der Waals surface area contributed by atoms with E-state index in [1.807, 2.05) is 97.1 Å². The zero-order chi connectivity index (χ0) is 57.2. The fraction of sp³-hybridized carbons (Fsp3) is 0.323. The highest BCUT2D eigenvalue weighted by atomic mass is 79.9. The Bertz CT molecular complexity index is 2780. The first-order valence-electron chi connectivity index (χ1n) is 26.7. The fourth-order valence-electron chi connectivity index (χ4n) is 8.51. The summed E-state index contributed by atoms with van der Waals surface area (Å²) in [5, 5.41) is 16.7. The molecule has 3 amide bonds. The molecule has 8 rings (SSSR count). The maximum atomic E-state index is 12.2. The van der Waals surface area contributed by atoms with Gasteiger partial charge in [0.15, 0.2) is 0 Å². The van der Waals surface area contributed by atoms with Gasteiger partial charge in [0.1, 0.15) is 26.1 Å². The van der Waals surface area contributed by atoms with Gasteiger partial charge in [0, 0.05) is 46.8 Å². The van der Waals surface area contributed by atoms with Gasteiger partial charge in [0.05, 0.1) is 46.1 Å². The monoisotopic (exact) mass is 1210 g/mol. The molecule has 0 heterocycles. The molecule has 0 fully saturated rings. The minimum atomic E-state index is -0.908. The van der Waals surface area contributed by atoms with E-state index in [9.17, 15) is 19.2 Å². The van der Waals surface area contributed by atoms with E-state index in [4.69, 9.17) is 40.6 Å². The number of carbonyl (C=O) groups is 4. The Morgan fingerprint density at radius 3 is 1.28 bits per heavy atom. The summed E-state index contributed by atoms with van der Waals surface area (Å²) in [6.45, 7) is 4.81. The van der Waals surface area contributed by atoms with E-state index in [0.29, 0.717) is 32.9 Å². The summed E-state index contributed by atoms with van der Waals surface area (Å²) in [5.74, 6) is 0.850. The number of alkyl carbamates (subject to hydrolysis) is 2. The predicted molar refractivity (Wildman–Crippen MR) is 314 cm³/mol. The Balaban J connectivity index is 0.000000240. The number of ether oxygens (including phenoxy) is 6. The summed E-state index contributed by atoms with van der Waals surface area (Å²) in [6.07, 6.45) is 8.75. The van der Waals surface area contributed by atoms with Crippen LogP contribution in [0, 0.1) is 12.8 Å². The van der Waals surface area contributed by atoms with E-state index in [0.717, 1.165) is 59.3 Å². The number of rotatable bonds is 27. The largest absolute Gasteiger partial charge is 0.494 e. The Labute approximate surface area is 481 Å². The lowest BCUT2D eigenvalue weighted by Gasteiger charge is -2.14. The zero-order valence-corrected chi connectivity index (χ0v) is 47.4. The molecule has 2 aliphatic carbocycles. The van der Waals surface area contributed by atoms with Crippen molar-refractivity contribution in [3.8, 4) is 46.6 Å². The molecule has 0 saturated carbocycles. The van der Waals surface area contributed by atoms with E-state index in [2.05, 4.69) is 103 Å². The molecule has 79 heavy (non-hydrogen) atoms. The van der Waals surface area contributed by atoms with E-state index < -0.39 is 18.2 Å². The van der Waals surface area contributed by atoms with Crippen LogP contribution in [0.3, 0.4) is 0 Å². The lowest BCUT2D eigenvalue weighted by molar-refractivity contribution is -0.138. The van der Waals surface area contributed by atoms with Gasteiger partial charge in [-0.1, -0.05) is 129 Å². The molecule has 6 N–H and O–H groups in total. The zero-order valence-electron chi connectivity index (χ0n) is 45.2. The van der Waals surface area contributed by atoms with E-state index >= 15 is 0 Å². The third-order valence-corrected chi connectivity index (χ3v) is 13.4. The Morgan fingerprint density at radius 1 is 0.506 bits per heavy atom. The van der Waals surface area contributed by atoms with Gasteiger partial charge in [0.25, 0.3) is 0 Å². The number of halogens is 2. The SMILES string of the molecule is NCCCCOc1ccc(Br)cc1.O=C(CCOCCNC(=O)OCC1c2ccccc2-c2ccccc21)NCCCCOc1ccc(Br)cc1.O=C(O)CCOCCNC(=O)OCC1c2ccccc2-c2ccccc21.[2H]C#C. The minimum absolute atomic E-state index is 0.0277. The van der Waals surface area contributed by atoms with Crippen molar-refractivity contribution in [2.24, 2.45) is 5.73 Å². The van der Waals surface area contributed by atoms with Crippen LogP contribution in [0.4, 0.5) is 9.59 Å². The minimum Gasteiger partial charge on any atom is -0.494 e. The van der Waals surface area contributed by atoms with Gasteiger partial charge >= 0.3 is 18.2 Å². The van der Waals surface area contributed by atoms with Gasteiger partial charge in [-0.3, -0.25) is 9.59 Å². The molecule has 0 aromatic heterocycles. The van der Waals surface area contributed by atoms with Crippen molar-refractivity contribution < 1.29 is 54.1 Å². The van der Waals surface area contributed by atoms with Crippen molar-refractivity contribution in [2.45, 2.75) is 50.4 Å². The van der Waals surface area contributed by atoms with Crippen molar-refractivity contribution in [3.63, 3.8) is 0 Å². The van der Waals surface area contributed by atoms with Crippen LogP contribution in [0.2, 0.25) is 0 Å². The van der Waals surface area contributed by atoms with Crippen molar-refractivity contribution in [1.82, 2.24) is 16.0 Å². The Morgan fingerprint density at radius 2 is 0.886 bits per heavy atom. The first kappa shape index (κ1) is 61.0. The van der Waals surface area contributed by atoms with E-state index in [-0.39, 0.29) is 63.6 Å². The molecule has 15 nitrogen and oxygen atoms in total. The Hall–Kier alpha value is -7.20. The molecule has 2 aliphatic rings. The van der Waals surface area contributed by atoms with Gasteiger partial charge in [-0.05, 0) is 125 Å². The number of unbranched alkanes of at least 4 members (excludes halogenated alkanes) is 2. The van der Waals surface area contributed by atoms with Gasteiger partial charge in [-0.25, -0.2) is 9.59 Å². The predicted octanol–water partition coefficient (Wildman–Crippen LogP) is 11.5. The molecule has 0 saturated heterocycles. The third-order valence-electron chi connectivity index (χ3n) is 12.3. The van der Waals surface area contributed by atoms with Crippen LogP contribution in [0.5, 0.6) is 11.5 Å². The van der Waals surface area contributed by atoms with Crippen LogP contribution in [-0.2, 0) is 28.5 Å². The average Bonchev–Trinajstić information content (AvgIpc) is 4.11. The van der Waals surface area contributed by atoms with Crippen LogP contribution >= 0.6 is 31.9 Å².